The van der Waals surface area contributed by atoms with Crippen LogP contribution in [0.15, 0.2) is 35.2 Å². The number of hydrogen-bond acceptors (Lipinski definition) is 2. The van der Waals surface area contributed by atoms with E-state index < -0.39 is 0 Å². The van der Waals surface area contributed by atoms with Crippen molar-refractivity contribution in [2.45, 2.75) is 6.54 Å². The molecule has 2 rings (SSSR count). The minimum absolute atomic E-state index is 0.267. The van der Waals surface area contributed by atoms with Gasteiger partial charge in [-0.05, 0) is 28.1 Å². The molecular weight excluding hydrogens is 273 g/mol. The molecule has 1 heterocycles. The minimum Gasteiger partial charge on any atom is -0.376 e. The highest BCUT2D eigenvalue weighted by atomic mass is 79.9. The van der Waals surface area contributed by atoms with Gasteiger partial charge >= 0.3 is 0 Å². The van der Waals surface area contributed by atoms with Crippen LogP contribution in [0.3, 0.4) is 0 Å². The largest absolute Gasteiger partial charge is 0.376 e. The molecule has 0 saturated carbocycles. The third-order valence-corrected chi connectivity index (χ3v) is 2.99. The summed E-state index contributed by atoms with van der Waals surface area (Å²) in [4.78, 5) is 4.00. The Hall–Kier alpha value is -1.36. The Kier molecular flexibility index (Phi) is 3.24. The zero-order chi connectivity index (χ0) is 11.5. The van der Waals surface area contributed by atoms with E-state index in [0.717, 1.165) is 10.2 Å². The maximum Gasteiger partial charge on any atom is 0.147 e. The molecule has 0 fully saturated rings. The number of rotatable bonds is 3. The van der Waals surface area contributed by atoms with E-state index in [2.05, 4.69) is 26.2 Å². The van der Waals surface area contributed by atoms with Crippen LogP contribution in [0.5, 0.6) is 0 Å². The summed E-state index contributed by atoms with van der Waals surface area (Å²) in [6, 6.07) is 4.89. The highest BCUT2D eigenvalue weighted by Gasteiger charge is 2.06. The number of aromatic nitrogens is 2. The van der Waals surface area contributed by atoms with Crippen LogP contribution in [-0.4, -0.2) is 9.55 Å². The van der Waals surface area contributed by atoms with E-state index in [-0.39, 0.29) is 5.82 Å². The predicted octanol–water partition coefficient (Wildman–Crippen LogP) is 2.93. The molecule has 0 aliphatic carbocycles. The Labute approximate surface area is 101 Å². The molecule has 1 aromatic carbocycles. The summed E-state index contributed by atoms with van der Waals surface area (Å²) in [6.45, 7) is 0.538. The van der Waals surface area contributed by atoms with Crippen molar-refractivity contribution >= 4 is 21.6 Å². The Morgan fingerprint density at radius 3 is 2.94 bits per heavy atom. The number of benzene rings is 1. The van der Waals surface area contributed by atoms with Crippen LogP contribution in [0, 0.1) is 5.82 Å². The molecule has 16 heavy (non-hydrogen) atoms. The molecule has 0 bridgehead atoms. The van der Waals surface area contributed by atoms with E-state index in [4.69, 9.17) is 0 Å². The quantitative estimate of drug-likeness (QED) is 0.939. The predicted molar refractivity (Wildman–Crippen MR) is 64.6 cm³/mol. The van der Waals surface area contributed by atoms with E-state index in [0.29, 0.717) is 12.2 Å². The second-order valence-corrected chi connectivity index (χ2v) is 4.30. The van der Waals surface area contributed by atoms with Crippen LogP contribution in [0.25, 0.3) is 0 Å². The van der Waals surface area contributed by atoms with Gasteiger partial charge in [0.05, 0.1) is 24.3 Å². The summed E-state index contributed by atoms with van der Waals surface area (Å²) in [6.07, 6.45) is 3.47. The molecule has 0 atom stereocenters. The van der Waals surface area contributed by atoms with Gasteiger partial charge in [-0.25, -0.2) is 9.37 Å². The highest BCUT2D eigenvalue weighted by molar-refractivity contribution is 9.10. The first-order chi connectivity index (χ1) is 7.68. The number of aryl methyl sites for hydroxylation is 1. The van der Waals surface area contributed by atoms with Gasteiger partial charge in [0.2, 0.25) is 0 Å². The zero-order valence-electron chi connectivity index (χ0n) is 8.74. The number of para-hydroxylation sites is 1. The summed E-state index contributed by atoms with van der Waals surface area (Å²) in [7, 11) is 1.90. The van der Waals surface area contributed by atoms with Crippen molar-refractivity contribution in [1.29, 1.82) is 0 Å². The molecule has 0 aliphatic heterocycles. The normalized spacial score (nSPS) is 10.4. The molecule has 0 unspecified atom stereocenters. The van der Waals surface area contributed by atoms with Gasteiger partial charge in [0.25, 0.3) is 0 Å². The molecular formula is C11H11BrFN3. The topological polar surface area (TPSA) is 29.9 Å². The standard InChI is InChI=1S/C11H11BrFN3/c1-16-7-14-5-8(16)6-15-11-9(12)3-2-4-10(11)13/h2-5,7,15H,6H2,1H3. The average Bonchev–Trinajstić information content (AvgIpc) is 2.64. The Morgan fingerprint density at radius 1 is 1.50 bits per heavy atom. The van der Waals surface area contributed by atoms with Crippen molar-refractivity contribution in [2.75, 3.05) is 5.32 Å². The van der Waals surface area contributed by atoms with Gasteiger partial charge in [0.1, 0.15) is 5.82 Å². The van der Waals surface area contributed by atoms with Crippen molar-refractivity contribution in [3.8, 4) is 0 Å². The van der Waals surface area contributed by atoms with Gasteiger partial charge in [0, 0.05) is 17.7 Å². The van der Waals surface area contributed by atoms with Crippen molar-refractivity contribution in [1.82, 2.24) is 9.55 Å². The maximum absolute atomic E-state index is 13.5. The summed E-state index contributed by atoms with van der Waals surface area (Å²) < 4.78 is 16.1. The fraction of sp³-hybridized carbons (Fsp3) is 0.182. The fourth-order valence-corrected chi connectivity index (χ4v) is 1.88. The van der Waals surface area contributed by atoms with Crippen molar-refractivity contribution in [3.05, 3.63) is 46.7 Å². The number of anilines is 1. The van der Waals surface area contributed by atoms with E-state index in [1.807, 2.05) is 11.6 Å². The molecule has 1 aromatic heterocycles. The van der Waals surface area contributed by atoms with Gasteiger partial charge in [-0.2, -0.15) is 0 Å². The summed E-state index contributed by atoms with van der Waals surface area (Å²) in [5.74, 6) is -0.267. The van der Waals surface area contributed by atoms with Gasteiger partial charge in [-0.15, -0.1) is 0 Å². The Morgan fingerprint density at radius 2 is 2.31 bits per heavy atom. The number of nitrogens with one attached hydrogen (secondary N) is 1. The summed E-state index contributed by atoms with van der Waals surface area (Å²) in [5.41, 5.74) is 1.47. The van der Waals surface area contributed by atoms with Crippen LogP contribution in [0.4, 0.5) is 10.1 Å². The monoisotopic (exact) mass is 283 g/mol. The molecule has 0 spiro atoms. The second-order valence-electron chi connectivity index (χ2n) is 3.45. The lowest BCUT2D eigenvalue weighted by Gasteiger charge is -2.09. The van der Waals surface area contributed by atoms with E-state index in [9.17, 15) is 4.39 Å². The lowest BCUT2D eigenvalue weighted by molar-refractivity contribution is 0.629. The second kappa shape index (κ2) is 4.65. The molecule has 0 saturated heterocycles. The van der Waals surface area contributed by atoms with Crippen molar-refractivity contribution in [3.63, 3.8) is 0 Å². The first-order valence-corrected chi connectivity index (χ1v) is 5.61. The number of hydrogen-bond donors (Lipinski definition) is 1. The Bertz CT molecular complexity index is 475. The molecule has 1 N–H and O–H groups in total. The lowest BCUT2D eigenvalue weighted by atomic mass is 10.3. The maximum atomic E-state index is 13.5. The lowest BCUT2D eigenvalue weighted by Crippen LogP contribution is -2.05. The molecule has 2 aromatic rings. The van der Waals surface area contributed by atoms with Crippen LogP contribution >= 0.6 is 15.9 Å². The van der Waals surface area contributed by atoms with Crippen LogP contribution in [0.2, 0.25) is 0 Å². The first kappa shape index (κ1) is 11.1. The molecule has 0 aliphatic rings. The molecule has 3 nitrogen and oxygen atoms in total. The summed E-state index contributed by atoms with van der Waals surface area (Å²) in [5, 5.41) is 3.04. The fourth-order valence-electron chi connectivity index (χ4n) is 1.40. The minimum atomic E-state index is -0.267. The first-order valence-electron chi connectivity index (χ1n) is 4.81. The molecule has 84 valence electrons. The number of imidazole rings is 1. The third-order valence-electron chi connectivity index (χ3n) is 2.33. The van der Waals surface area contributed by atoms with Gasteiger partial charge in [-0.3, -0.25) is 0 Å². The number of halogens is 2. The van der Waals surface area contributed by atoms with Crippen molar-refractivity contribution < 1.29 is 4.39 Å². The van der Waals surface area contributed by atoms with E-state index in [1.165, 1.54) is 6.07 Å². The van der Waals surface area contributed by atoms with Gasteiger partial charge in [-0.1, -0.05) is 6.07 Å². The van der Waals surface area contributed by atoms with E-state index in [1.54, 1.807) is 24.7 Å². The van der Waals surface area contributed by atoms with Crippen molar-refractivity contribution in [2.24, 2.45) is 7.05 Å². The van der Waals surface area contributed by atoms with Gasteiger partial charge < -0.3 is 9.88 Å². The SMILES string of the molecule is Cn1cncc1CNc1c(F)cccc1Br. The zero-order valence-corrected chi connectivity index (χ0v) is 10.3. The Balaban J connectivity index is 2.14. The molecule has 5 heteroatoms. The van der Waals surface area contributed by atoms with E-state index >= 15 is 0 Å². The van der Waals surface area contributed by atoms with Crippen LogP contribution in [0.1, 0.15) is 5.69 Å². The molecule has 0 amide bonds. The molecule has 0 radical (unpaired) electrons. The van der Waals surface area contributed by atoms with Gasteiger partial charge in [0.15, 0.2) is 0 Å². The smallest absolute Gasteiger partial charge is 0.147 e. The van der Waals surface area contributed by atoms with Crippen LogP contribution in [-0.2, 0) is 13.6 Å². The third kappa shape index (κ3) is 2.24. The average molecular weight is 284 g/mol. The van der Waals surface area contributed by atoms with Crippen LogP contribution < -0.4 is 5.32 Å². The summed E-state index contributed by atoms with van der Waals surface area (Å²) >= 11 is 3.30. The number of nitrogens with zero attached hydrogens (tertiary/aromatic N) is 2. The highest BCUT2D eigenvalue weighted by Crippen LogP contribution is 2.25.